The molecule has 0 unspecified atom stereocenters. The molecule has 3 nitrogen and oxygen atoms in total. The SMILES string of the molecule is CCCCCCCCC=CCCCCCCCC(=O)N(CCO)CCCCCCCCCCCCCCCCCC. The molecule has 1 amide bonds. The van der Waals surface area contributed by atoms with Crippen LogP contribution in [0.15, 0.2) is 12.2 Å². The molecular weight excluding hydrogens is 502 g/mol. The highest BCUT2D eigenvalue weighted by Crippen LogP contribution is 2.15. The molecule has 41 heavy (non-hydrogen) atoms. The molecule has 0 rings (SSSR count). The van der Waals surface area contributed by atoms with Gasteiger partial charge in [0.1, 0.15) is 0 Å². The maximum Gasteiger partial charge on any atom is 0.222 e. The van der Waals surface area contributed by atoms with Crippen molar-refractivity contribution in [2.75, 3.05) is 19.7 Å². The largest absolute Gasteiger partial charge is 0.395 e. The second kappa shape index (κ2) is 35.4. The van der Waals surface area contributed by atoms with Crippen LogP contribution in [0.25, 0.3) is 0 Å². The van der Waals surface area contributed by atoms with Crippen LogP contribution in [0, 0.1) is 0 Å². The summed E-state index contributed by atoms with van der Waals surface area (Å²) in [7, 11) is 0. The summed E-state index contributed by atoms with van der Waals surface area (Å²) < 4.78 is 0. The van der Waals surface area contributed by atoms with E-state index in [1.54, 1.807) is 0 Å². The Bertz CT molecular complexity index is 532. The molecule has 0 saturated heterocycles. The van der Waals surface area contributed by atoms with E-state index in [-0.39, 0.29) is 12.5 Å². The lowest BCUT2D eigenvalue weighted by atomic mass is 10.0. The summed E-state index contributed by atoms with van der Waals surface area (Å²) >= 11 is 0. The highest BCUT2D eigenvalue weighted by molar-refractivity contribution is 5.76. The van der Waals surface area contributed by atoms with Crippen molar-refractivity contribution in [2.24, 2.45) is 0 Å². The van der Waals surface area contributed by atoms with Crippen LogP contribution in [0.1, 0.15) is 206 Å². The maximum atomic E-state index is 12.7. The average molecular weight is 578 g/mol. The summed E-state index contributed by atoms with van der Waals surface area (Å²) in [5, 5.41) is 9.42. The fraction of sp³-hybridized carbons (Fsp3) is 0.921. The number of rotatable bonds is 34. The minimum Gasteiger partial charge on any atom is -0.395 e. The lowest BCUT2D eigenvalue weighted by Crippen LogP contribution is -2.34. The van der Waals surface area contributed by atoms with E-state index in [4.69, 9.17) is 0 Å². The highest BCUT2D eigenvalue weighted by Gasteiger charge is 2.12. The Morgan fingerprint density at radius 3 is 1.20 bits per heavy atom. The van der Waals surface area contributed by atoms with Gasteiger partial charge in [-0.15, -0.1) is 0 Å². The predicted octanol–water partition coefficient (Wildman–Crippen LogP) is 12.1. The number of hydrogen-bond donors (Lipinski definition) is 1. The maximum absolute atomic E-state index is 12.7. The van der Waals surface area contributed by atoms with Gasteiger partial charge in [-0.25, -0.2) is 0 Å². The van der Waals surface area contributed by atoms with Gasteiger partial charge in [-0.2, -0.15) is 0 Å². The van der Waals surface area contributed by atoms with Crippen LogP contribution in [-0.2, 0) is 4.79 Å². The fourth-order valence-corrected chi connectivity index (χ4v) is 5.84. The van der Waals surface area contributed by atoms with Gasteiger partial charge >= 0.3 is 0 Å². The van der Waals surface area contributed by atoms with Crippen molar-refractivity contribution in [3.63, 3.8) is 0 Å². The van der Waals surface area contributed by atoms with E-state index in [9.17, 15) is 9.90 Å². The Morgan fingerprint density at radius 1 is 0.463 bits per heavy atom. The van der Waals surface area contributed by atoms with E-state index >= 15 is 0 Å². The summed E-state index contributed by atoms with van der Waals surface area (Å²) in [5.74, 6) is 0.248. The summed E-state index contributed by atoms with van der Waals surface area (Å²) in [6.07, 6.45) is 43.9. The van der Waals surface area contributed by atoms with Gasteiger partial charge < -0.3 is 10.0 Å². The van der Waals surface area contributed by atoms with Gasteiger partial charge in [0.2, 0.25) is 5.91 Å². The molecule has 0 spiro atoms. The van der Waals surface area contributed by atoms with Crippen LogP contribution < -0.4 is 0 Å². The first-order chi connectivity index (χ1) is 20.3. The smallest absolute Gasteiger partial charge is 0.222 e. The molecule has 0 aromatic heterocycles. The quantitative estimate of drug-likeness (QED) is 0.0610. The molecular formula is C38H75NO2. The van der Waals surface area contributed by atoms with Crippen LogP contribution in [0.2, 0.25) is 0 Å². The number of carbonyl (C=O) groups excluding carboxylic acids is 1. The van der Waals surface area contributed by atoms with Crippen molar-refractivity contribution in [1.29, 1.82) is 0 Å². The Balaban J connectivity index is 3.54. The molecule has 0 aliphatic carbocycles. The number of amides is 1. The zero-order chi connectivity index (χ0) is 29.9. The molecule has 3 heteroatoms. The first-order valence-corrected chi connectivity index (χ1v) is 18.8. The first-order valence-electron chi connectivity index (χ1n) is 18.8. The normalized spacial score (nSPS) is 11.6. The molecule has 0 aliphatic heterocycles. The minimum absolute atomic E-state index is 0.0803. The number of aliphatic hydroxyl groups excluding tert-OH is 1. The molecule has 0 aliphatic rings. The molecule has 0 aromatic carbocycles. The topological polar surface area (TPSA) is 40.5 Å². The Kier molecular flexibility index (Phi) is 34.7. The zero-order valence-electron chi connectivity index (χ0n) is 28.3. The van der Waals surface area contributed by atoms with Gasteiger partial charge in [-0.1, -0.05) is 174 Å². The number of hydrogen-bond acceptors (Lipinski definition) is 2. The Hall–Kier alpha value is -0.830. The third-order valence-electron chi connectivity index (χ3n) is 8.66. The minimum atomic E-state index is 0.0803. The molecule has 0 aromatic rings. The second-order valence-corrected chi connectivity index (χ2v) is 12.7. The molecule has 244 valence electrons. The van der Waals surface area contributed by atoms with Crippen LogP contribution >= 0.6 is 0 Å². The third kappa shape index (κ3) is 31.9. The van der Waals surface area contributed by atoms with Crippen LogP contribution in [0.5, 0.6) is 0 Å². The summed E-state index contributed by atoms with van der Waals surface area (Å²) in [6.45, 7) is 5.97. The van der Waals surface area contributed by atoms with Crippen molar-refractivity contribution in [1.82, 2.24) is 4.90 Å². The van der Waals surface area contributed by atoms with Crippen LogP contribution in [0.3, 0.4) is 0 Å². The summed E-state index contributed by atoms with van der Waals surface area (Å²) in [4.78, 5) is 14.6. The number of unbranched alkanes of at least 4 members (excludes halogenated alkanes) is 26. The molecule has 0 heterocycles. The van der Waals surface area contributed by atoms with Crippen molar-refractivity contribution in [3.8, 4) is 0 Å². The van der Waals surface area contributed by atoms with E-state index in [1.807, 2.05) is 4.90 Å². The molecule has 0 saturated carbocycles. The van der Waals surface area contributed by atoms with E-state index in [2.05, 4.69) is 26.0 Å². The monoisotopic (exact) mass is 578 g/mol. The van der Waals surface area contributed by atoms with Crippen LogP contribution in [0.4, 0.5) is 0 Å². The van der Waals surface area contributed by atoms with Crippen LogP contribution in [-0.4, -0.2) is 35.6 Å². The van der Waals surface area contributed by atoms with Gasteiger partial charge in [0.25, 0.3) is 0 Å². The summed E-state index contributed by atoms with van der Waals surface area (Å²) in [6, 6.07) is 0. The van der Waals surface area contributed by atoms with E-state index < -0.39 is 0 Å². The number of nitrogens with zero attached hydrogens (tertiary/aromatic N) is 1. The lowest BCUT2D eigenvalue weighted by Gasteiger charge is -2.22. The van der Waals surface area contributed by atoms with Crippen molar-refractivity contribution in [3.05, 3.63) is 12.2 Å². The highest BCUT2D eigenvalue weighted by atomic mass is 16.3. The van der Waals surface area contributed by atoms with Gasteiger partial charge in [0.15, 0.2) is 0 Å². The third-order valence-corrected chi connectivity index (χ3v) is 8.66. The van der Waals surface area contributed by atoms with Crippen molar-refractivity contribution < 1.29 is 9.90 Å². The van der Waals surface area contributed by atoms with E-state index in [1.165, 1.54) is 167 Å². The molecule has 0 radical (unpaired) electrons. The molecule has 0 atom stereocenters. The molecule has 0 bridgehead atoms. The number of allylic oxidation sites excluding steroid dienone is 2. The number of aliphatic hydroxyl groups is 1. The number of carbonyl (C=O) groups is 1. The van der Waals surface area contributed by atoms with Crippen molar-refractivity contribution >= 4 is 5.91 Å². The van der Waals surface area contributed by atoms with Crippen molar-refractivity contribution in [2.45, 2.75) is 206 Å². The Labute approximate surface area is 258 Å². The van der Waals surface area contributed by atoms with E-state index in [0.717, 1.165) is 25.8 Å². The Morgan fingerprint density at radius 2 is 0.805 bits per heavy atom. The van der Waals surface area contributed by atoms with Gasteiger partial charge in [-0.05, 0) is 38.5 Å². The predicted molar refractivity (Wildman–Crippen MR) is 183 cm³/mol. The first kappa shape index (κ1) is 40.2. The van der Waals surface area contributed by atoms with Gasteiger partial charge in [0.05, 0.1) is 6.61 Å². The molecule has 0 fully saturated rings. The van der Waals surface area contributed by atoms with Gasteiger partial charge in [-0.3, -0.25) is 4.79 Å². The van der Waals surface area contributed by atoms with Gasteiger partial charge in [0, 0.05) is 19.5 Å². The lowest BCUT2D eigenvalue weighted by molar-refractivity contribution is -0.131. The fourth-order valence-electron chi connectivity index (χ4n) is 5.84. The van der Waals surface area contributed by atoms with E-state index in [0.29, 0.717) is 13.0 Å². The molecule has 1 N–H and O–H groups in total. The second-order valence-electron chi connectivity index (χ2n) is 12.7. The standard InChI is InChI=1S/C38H75NO2/c1-3-5-7-9-11-13-15-17-19-21-23-25-27-29-31-33-35-39(36-37-40)38(41)34-32-30-28-26-24-22-20-18-16-14-12-10-8-6-4-2/h18,20,40H,3-17,19,21-37H2,1-2H3. The zero-order valence-corrected chi connectivity index (χ0v) is 28.3. The average Bonchev–Trinajstić information content (AvgIpc) is 2.98. The summed E-state index contributed by atoms with van der Waals surface area (Å²) in [5.41, 5.74) is 0.